The van der Waals surface area contributed by atoms with E-state index >= 15 is 0 Å². The fourth-order valence-corrected chi connectivity index (χ4v) is 3.55. The fraction of sp³-hybridized carbons (Fsp3) is 0.211. The van der Waals surface area contributed by atoms with E-state index in [1.165, 1.54) is 22.2 Å². The van der Waals surface area contributed by atoms with E-state index in [4.69, 9.17) is 0 Å². The Labute approximate surface area is 134 Å². The van der Waals surface area contributed by atoms with Crippen molar-refractivity contribution < 1.29 is 9.90 Å². The predicted molar refractivity (Wildman–Crippen MR) is 89.9 cm³/mol. The van der Waals surface area contributed by atoms with Gasteiger partial charge in [-0.15, -0.1) is 0 Å². The van der Waals surface area contributed by atoms with Gasteiger partial charge in [0.1, 0.15) is 0 Å². The summed E-state index contributed by atoms with van der Waals surface area (Å²) in [5.74, 6) is -0.871. The number of carboxylic acids is 1. The van der Waals surface area contributed by atoms with E-state index in [1.54, 1.807) is 12.1 Å². The number of carbonyl (C=O) groups is 1. The number of carboxylic acid groups (broad SMARTS) is 1. The Morgan fingerprint density at radius 3 is 2.78 bits per heavy atom. The summed E-state index contributed by atoms with van der Waals surface area (Å²) in [6.07, 6.45) is 1.02. The van der Waals surface area contributed by atoms with Crippen molar-refractivity contribution in [2.24, 2.45) is 0 Å². The molecule has 0 aliphatic carbocycles. The first-order valence-corrected chi connectivity index (χ1v) is 7.86. The molecule has 4 rings (SSSR count). The van der Waals surface area contributed by atoms with E-state index in [2.05, 4.69) is 28.1 Å². The second-order valence-electron chi connectivity index (χ2n) is 5.92. The second-order valence-corrected chi connectivity index (χ2v) is 5.92. The SMILES string of the molecule is O=C(O)c1ccccc1Cn1c2c(c3ccccc31)CCNC2. The Kier molecular flexibility index (Phi) is 3.39. The lowest BCUT2D eigenvalue weighted by molar-refractivity contribution is 0.0695. The Hall–Kier alpha value is -2.59. The highest BCUT2D eigenvalue weighted by Gasteiger charge is 2.20. The molecule has 1 aliphatic rings. The van der Waals surface area contributed by atoms with Gasteiger partial charge in [-0.05, 0) is 36.2 Å². The number of rotatable bonds is 3. The maximum Gasteiger partial charge on any atom is 0.336 e. The van der Waals surface area contributed by atoms with Crippen molar-refractivity contribution in [3.8, 4) is 0 Å². The summed E-state index contributed by atoms with van der Waals surface area (Å²) in [6.45, 7) is 2.41. The van der Waals surface area contributed by atoms with Gasteiger partial charge in [0.2, 0.25) is 0 Å². The summed E-state index contributed by atoms with van der Waals surface area (Å²) in [7, 11) is 0. The molecule has 2 N–H and O–H groups in total. The first-order chi connectivity index (χ1) is 11.3. The first kappa shape index (κ1) is 14.0. The molecule has 116 valence electrons. The molecule has 0 saturated heterocycles. The third-order valence-corrected chi connectivity index (χ3v) is 4.61. The molecular formula is C19H18N2O2. The molecule has 0 radical (unpaired) electrons. The molecule has 23 heavy (non-hydrogen) atoms. The minimum Gasteiger partial charge on any atom is -0.478 e. The van der Waals surface area contributed by atoms with Gasteiger partial charge in [0.25, 0.3) is 0 Å². The van der Waals surface area contributed by atoms with Crippen molar-refractivity contribution in [3.05, 3.63) is 70.9 Å². The van der Waals surface area contributed by atoms with Crippen LogP contribution in [0.5, 0.6) is 0 Å². The van der Waals surface area contributed by atoms with Crippen molar-refractivity contribution >= 4 is 16.9 Å². The lowest BCUT2D eigenvalue weighted by atomic mass is 10.0. The maximum atomic E-state index is 11.5. The number of para-hydroxylation sites is 1. The topological polar surface area (TPSA) is 54.3 Å². The zero-order valence-electron chi connectivity index (χ0n) is 12.7. The average Bonchev–Trinajstić information content (AvgIpc) is 2.90. The van der Waals surface area contributed by atoms with Crippen LogP contribution < -0.4 is 5.32 Å². The predicted octanol–water partition coefficient (Wildman–Crippen LogP) is 3.03. The number of nitrogens with one attached hydrogen (secondary N) is 1. The summed E-state index contributed by atoms with van der Waals surface area (Å²) < 4.78 is 2.26. The molecule has 0 fully saturated rings. The molecule has 0 amide bonds. The molecule has 0 bridgehead atoms. The van der Waals surface area contributed by atoms with Gasteiger partial charge in [0.05, 0.1) is 5.56 Å². The largest absolute Gasteiger partial charge is 0.478 e. The monoisotopic (exact) mass is 306 g/mol. The van der Waals surface area contributed by atoms with Gasteiger partial charge in [-0.3, -0.25) is 0 Å². The van der Waals surface area contributed by atoms with Gasteiger partial charge in [-0.1, -0.05) is 36.4 Å². The average molecular weight is 306 g/mol. The van der Waals surface area contributed by atoms with E-state index in [1.807, 2.05) is 18.2 Å². The van der Waals surface area contributed by atoms with Gasteiger partial charge < -0.3 is 15.0 Å². The summed E-state index contributed by atoms with van der Waals surface area (Å²) in [4.78, 5) is 11.5. The molecule has 4 heteroatoms. The van der Waals surface area contributed by atoms with Gasteiger partial charge in [0, 0.05) is 29.7 Å². The molecule has 0 spiro atoms. The summed E-state index contributed by atoms with van der Waals surface area (Å²) in [5.41, 5.74) is 5.07. The summed E-state index contributed by atoms with van der Waals surface area (Å²) in [6, 6.07) is 15.7. The molecule has 2 aromatic carbocycles. The Morgan fingerprint density at radius 1 is 1.13 bits per heavy atom. The van der Waals surface area contributed by atoms with Crippen molar-refractivity contribution in [2.75, 3.05) is 6.54 Å². The molecule has 3 aromatic rings. The lowest BCUT2D eigenvalue weighted by Gasteiger charge is -2.18. The van der Waals surface area contributed by atoms with Crippen LogP contribution in [0.15, 0.2) is 48.5 Å². The molecule has 4 nitrogen and oxygen atoms in total. The highest BCUT2D eigenvalue weighted by molar-refractivity contribution is 5.90. The third-order valence-electron chi connectivity index (χ3n) is 4.61. The van der Waals surface area contributed by atoms with Gasteiger partial charge in [0.15, 0.2) is 0 Å². The summed E-state index contributed by atoms with van der Waals surface area (Å²) >= 11 is 0. The van der Waals surface area contributed by atoms with E-state index in [0.29, 0.717) is 12.1 Å². The molecule has 1 aliphatic heterocycles. The molecule has 2 heterocycles. The highest BCUT2D eigenvalue weighted by atomic mass is 16.4. The van der Waals surface area contributed by atoms with Gasteiger partial charge in [-0.2, -0.15) is 0 Å². The minimum atomic E-state index is -0.871. The van der Waals surface area contributed by atoms with Gasteiger partial charge in [-0.25, -0.2) is 4.79 Å². The Balaban J connectivity index is 1.89. The van der Waals surface area contributed by atoms with Crippen molar-refractivity contribution in [1.82, 2.24) is 9.88 Å². The summed E-state index contributed by atoms with van der Waals surface area (Å²) in [5, 5.41) is 14.1. The maximum absolute atomic E-state index is 11.5. The number of aromatic carboxylic acids is 1. The van der Waals surface area contributed by atoms with Crippen molar-refractivity contribution in [2.45, 2.75) is 19.5 Å². The third kappa shape index (κ3) is 2.32. The Bertz CT molecular complexity index is 896. The standard InChI is InChI=1S/C19H18N2O2/c22-19(23)14-6-2-1-5-13(14)12-21-17-8-4-3-7-15(17)16-9-10-20-11-18(16)21/h1-8,20H,9-12H2,(H,22,23). The van der Waals surface area contributed by atoms with Crippen LogP contribution in [-0.2, 0) is 19.5 Å². The smallest absolute Gasteiger partial charge is 0.336 e. The zero-order chi connectivity index (χ0) is 15.8. The van der Waals surface area contributed by atoms with Crippen molar-refractivity contribution in [3.63, 3.8) is 0 Å². The first-order valence-electron chi connectivity index (χ1n) is 7.86. The van der Waals surface area contributed by atoms with Crippen LogP contribution in [0.4, 0.5) is 0 Å². The van der Waals surface area contributed by atoms with Crippen LogP contribution in [0.1, 0.15) is 27.2 Å². The van der Waals surface area contributed by atoms with Gasteiger partial charge >= 0.3 is 5.97 Å². The van der Waals surface area contributed by atoms with E-state index in [0.717, 1.165) is 25.1 Å². The number of aromatic nitrogens is 1. The normalized spacial score (nSPS) is 13.9. The van der Waals surface area contributed by atoms with Crippen LogP contribution in [0.2, 0.25) is 0 Å². The van der Waals surface area contributed by atoms with Crippen LogP contribution in [-0.4, -0.2) is 22.2 Å². The molecule has 0 unspecified atom stereocenters. The van der Waals surface area contributed by atoms with Crippen molar-refractivity contribution in [1.29, 1.82) is 0 Å². The number of nitrogens with zero attached hydrogens (tertiary/aromatic N) is 1. The van der Waals surface area contributed by atoms with Crippen LogP contribution in [0, 0.1) is 0 Å². The van der Waals surface area contributed by atoms with E-state index < -0.39 is 5.97 Å². The number of hydrogen-bond acceptors (Lipinski definition) is 2. The van der Waals surface area contributed by atoms with E-state index in [-0.39, 0.29) is 0 Å². The van der Waals surface area contributed by atoms with Crippen LogP contribution >= 0.6 is 0 Å². The van der Waals surface area contributed by atoms with Crippen LogP contribution in [0.25, 0.3) is 10.9 Å². The second kappa shape index (κ2) is 5.56. The molecular weight excluding hydrogens is 288 g/mol. The highest BCUT2D eigenvalue weighted by Crippen LogP contribution is 2.29. The lowest BCUT2D eigenvalue weighted by Crippen LogP contribution is -2.25. The quantitative estimate of drug-likeness (QED) is 0.782. The Morgan fingerprint density at radius 2 is 1.91 bits per heavy atom. The zero-order valence-corrected chi connectivity index (χ0v) is 12.7. The van der Waals surface area contributed by atoms with E-state index in [9.17, 15) is 9.90 Å². The molecule has 0 saturated carbocycles. The minimum absolute atomic E-state index is 0.378. The number of benzene rings is 2. The molecule has 0 atom stereocenters. The fourth-order valence-electron chi connectivity index (χ4n) is 3.55. The van der Waals surface area contributed by atoms with Crippen LogP contribution in [0.3, 0.4) is 0 Å². The molecule has 1 aromatic heterocycles. The number of fused-ring (bicyclic) bond motifs is 3. The number of hydrogen-bond donors (Lipinski definition) is 2.